The third-order valence-electron chi connectivity index (χ3n) is 11.5. The molecule has 0 fully saturated rings. The molecule has 2 heterocycles. The van der Waals surface area contributed by atoms with Crippen LogP contribution in [0.4, 0.5) is 0 Å². The smallest absolute Gasteiger partial charge is 0.164 e. The van der Waals surface area contributed by atoms with Gasteiger partial charge in [0, 0.05) is 33.2 Å². The third kappa shape index (κ3) is 5.12. The van der Waals surface area contributed by atoms with E-state index in [0.29, 0.717) is 17.5 Å². The Hall–Kier alpha value is -7.69. The molecule has 0 spiro atoms. The molecule has 4 nitrogen and oxygen atoms in total. The lowest BCUT2D eigenvalue weighted by molar-refractivity contribution is 1.08. The van der Waals surface area contributed by atoms with Crippen LogP contribution in [-0.4, -0.2) is 19.5 Å². The first kappa shape index (κ1) is 31.6. The summed E-state index contributed by atoms with van der Waals surface area (Å²) in [5.41, 5.74) is 6.37. The summed E-state index contributed by atoms with van der Waals surface area (Å²) < 4.78 is 2.43. The second kappa shape index (κ2) is 12.4. The average Bonchev–Trinajstić information content (AvgIpc) is 3.63. The number of rotatable bonds is 4. The molecule has 57 heavy (non-hydrogen) atoms. The molecule has 0 unspecified atom stereocenters. The summed E-state index contributed by atoms with van der Waals surface area (Å²) in [6.45, 7) is 0. The van der Waals surface area contributed by atoms with Gasteiger partial charge in [0.15, 0.2) is 17.5 Å². The topological polar surface area (TPSA) is 43.6 Å². The Balaban J connectivity index is 1.02. The zero-order valence-corrected chi connectivity index (χ0v) is 30.8. The first-order valence-corrected chi connectivity index (χ1v) is 19.3. The maximum atomic E-state index is 5.13. The molecular weight excluding hydrogens is 693 g/mol. The molecule has 0 saturated carbocycles. The van der Waals surface area contributed by atoms with E-state index in [0.717, 1.165) is 43.9 Å². The van der Waals surface area contributed by atoms with Crippen LogP contribution in [0.15, 0.2) is 194 Å². The highest BCUT2D eigenvalue weighted by Gasteiger charge is 2.18. The molecule has 0 aliphatic heterocycles. The van der Waals surface area contributed by atoms with Crippen LogP contribution in [-0.2, 0) is 0 Å². The Labute approximate surface area is 328 Å². The van der Waals surface area contributed by atoms with Crippen molar-refractivity contribution in [2.24, 2.45) is 0 Å². The monoisotopic (exact) mass is 724 g/mol. The molecule has 0 radical (unpaired) electrons. The molecular formula is C53H32N4. The zero-order chi connectivity index (χ0) is 37.5. The van der Waals surface area contributed by atoms with Crippen molar-refractivity contribution in [1.29, 1.82) is 0 Å². The molecule has 10 aromatic carbocycles. The van der Waals surface area contributed by atoms with E-state index in [1.165, 1.54) is 54.1 Å². The lowest BCUT2D eigenvalue weighted by Crippen LogP contribution is -2.00. The van der Waals surface area contributed by atoms with Gasteiger partial charge in [0.25, 0.3) is 0 Å². The van der Waals surface area contributed by atoms with Gasteiger partial charge in [-0.3, -0.25) is 0 Å². The maximum Gasteiger partial charge on any atom is 0.164 e. The molecule has 0 saturated heterocycles. The van der Waals surface area contributed by atoms with Gasteiger partial charge in [-0.2, -0.15) is 0 Å². The molecule has 0 bridgehead atoms. The minimum absolute atomic E-state index is 0.642. The van der Waals surface area contributed by atoms with Crippen molar-refractivity contribution < 1.29 is 0 Å². The first-order valence-electron chi connectivity index (χ1n) is 19.3. The van der Waals surface area contributed by atoms with E-state index in [1.54, 1.807) is 0 Å². The molecule has 4 heteroatoms. The van der Waals surface area contributed by atoms with Crippen molar-refractivity contribution in [2.45, 2.75) is 0 Å². The molecule has 0 atom stereocenters. The Bertz CT molecular complexity index is 3410. The molecule has 0 N–H and O–H groups in total. The van der Waals surface area contributed by atoms with Crippen molar-refractivity contribution in [3.05, 3.63) is 194 Å². The molecule has 264 valence electrons. The van der Waals surface area contributed by atoms with Gasteiger partial charge in [-0.1, -0.05) is 152 Å². The van der Waals surface area contributed by atoms with Gasteiger partial charge < -0.3 is 4.57 Å². The fraction of sp³-hybridized carbons (Fsp3) is 0. The highest BCUT2D eigenvalue weighted by Crippen LogP contribution is 2.41. The number of hydrogen-bond acceptors (Lipinski definition) is 3. The van der Waals surface area contributed by atoms with Crippen LogP contribution in [0.5, 0.6) is 0 Å². The molecule has 0 aliphatic carbocycles. The average molecular weight is 725 g/mol. The number of hydrogen-bond donors (Lipinski definition) is 0. The minimum atomic E-state index is 0.642. The van der Waals surface area contributed by atoms with Gasteiger partial charge in [0.1, 0.15) is 0 Å². The minimum Gasteiger partial charge on any atom is -0.309 e. The van der Waals surface area contributed by atoms with Crippen LogP contribution < -0.4 is 0 Å². The first-order chi connectivity index (χ1) is 28.2. The van der Waals surface area contributed by atoms with E-state index >= 15 is 0 Å². The van der Waals surface area contributed by atoms with Gasteiger partial charge >= 0.3 is 0 Å². The Morgan fingerprint density at radius 3 is 1.12 bits per heavy atom. The van der Waals surface area contributed by atoms with Gasteiger partial charge in [0.05, 0.1) is 11.0 Å². The van der Waals surface area contributed by atoms with Crippen LogP contribution in [0.1, 0.15) is 0 Å². The molecule has 0 amide bonds. The van der Waals surface area contributed by atoms with Crippen LogP contribution in [0, 0.1) is 0 Å². The van der Waals surface area contributed by atoms with E-state index < -0.39 is 0 Å². The number of nitrogens with zero attached hydrogens (tertiary/aromatic N) is 4. The summed E-state index contributed by atoms with van der Waals surface area (Å²) in [6.07, 6.45) is 0. The summed E-state index contributed by atoms with van der Waals surface area (Å²) in [5, 5.41) is 14.5. The second-order valence-corrected chi connectivity index (χ2v) is 14.9. The van der Waals surface area contributed by atoms with Crippen molar-refractivity contribution >= 4 is 75.7 Å². The standard InChI is InChI=1S/C53H32N4/c1-3-13-37-29-41(20-17-33(37)9-1)51-54-52(42-21-18-34-10-2-4-14-38(34)30-42)56-53(55-51)43-22-19-40-32-44(26-23-39(40)31-43)57-47-27-24-35-11-5-7-15-45(35)49(47)50-46-16-8-6-12-36(46)25-28-48(50)57/h1-32H. The summed E-state index contributed by atoms with van der Waals surface area (Å²) in [4.78, 5) is 15.3. The second-order valence-electron chi connectivity index (χ2n) is 14.9. The summed E-state index contributed by atoms with van der Waals surface area (Å²) in [6, 6.07) is 69.4. The summed E-state index contributed by atoms with van der Waals surface area (Å²) in [5.74, 6) is 1.94. The van der Waals surface area contributed by atoms with Gasteiger partial charge in [0.2, 0.25) is 0 Å². The lowest BCUT2D eigenvalue weighted by atomic mass is 10.00. The largest absolute Gasteiger partial charge is 0.309 e. The van der Waals surface area contributed by atoms with Gasteiger partial charge in [-0.05, 0) is 96.3 Å². The van der Waals surface area contributed by atoms with E-state index in [4.69, 9.17) is 15.0 Å². The lowest BCUT2D eigenvalue weighted by Gasteiger charge is -2.12. The number of fused-ring (bicyclic) bond motifs is 10. The number of aromatic nitrogens is 4. The van der Waals surface area contributed by atoms with Crippen LogP contribution in [0.25, 0.3) is 116 Å². The third-order valence-corrected chi connectivity index (χ3v) is 11.5. The molecule has 12 rings (SSSR count). The van der Waals surface area contributed by atoms with E-state index in [2.05, 4.69) is 199 Å². The molecule has 12 aromatic rings. The fourth-order valence-corrected chi connectivity index (χ4v) is 8.76. The Kier molecular flexibility index (Phi) is 6.89. The highest BCUT2D eigenvalue weighted by atomic mass is 15.0. The normalized spacial score (nSPS) is 11.9. The molecule has 0 aliphatic rings. The molecule has 2 aromatic heterocycles. The quantitative estimate of drug-likeness (QED) is 0.181. The van der Waals surface area contributed by atoms with Crippen molar-refractivity contribution in [3.63, 3.8) is 0 Å². The Morgan fingerprint density at radius 1 is 0.281 bits per heavy atom. The van der Waals surface area contributed by atoms with E-state index in [9.17, 15) is 0 Å². The van der Waals surface area contributed by atoms with Crippen LogP contribution in [0.2, 0.25) is 0 Å². The van der Waals surface area contributed by atoms with E-state index in [1.807, 2.05) is 0 Å². The van der Waals surface area contributed by atoms with Crippen molar-refractivity contribution in [3.8, 4) is 39.9 Å². The zero-order valence-electron chi connectivity index (χ0n) is 30.8. The summed E-state index contributed by atoms with van der Waals surface area (Å²) in [7, 11) is 0. The SMILES string of the molecule is c1ccc2cc(-c3nc(-c4ccc5ccccc5c4)nc(-c4ccc5cc(-n6c7ccc8ccccc8c7c7c8ccccc8ccc76)ccc5c4)n3)ccc2c1. The van der Waals surface area contributed by atoms with Crippen LogP contribution >= 0.6 is 0 Å². The predicted octanol–water partition coefficient (Wildman–Crippen LogP) is 13.7. The van der Waals surface area contributed by atoms with Gasteiger partial charge in [-0.15, -0.1) is 0 Å². The van der Waals surface area contributed by atoms with Crippen LogP contribution in [0.3, 0.4) is 0 Å². The van der Waals surface area contributed by atoms with Crippen molar-refractivity contribution in [1.82, 2.24) is 19.5 Å². The van der Waals surface area contributed by atoms with E-state index in [-0.39, 0.29) is 0 Å². The Morgan fingerprint density at radius 2 is 0.632 bits per heavy atom. The predicted molar refractivity (Wildman–Crippen MR) is 238 cm³/mol. The fourth-order valence-electron chi connectivity index (χ4n) is 8.76. The number of benzene rings is 10. The van der Waals surface area contributed by atoms with Crippen molar-refractivity contribution in [2.75, 3.05) is 0 Å². The summed E-state index contributed by atoms with van der Waals surface area (Å²) >= 11 is 0. The highest BCUT2D eigenvalue weighted by molar-refractivity contribution is 6.28. The van der Waals surface area contributed by atoms with Gasteiger partial charge in [-0.25, -0.2) is 15.0 Å². The maximum absolute atomic E-state index is 5.13.